The summed E-state index contributed by atoms with van der Waals surface area (Å²) in [6, 6.07) is 4.28. The van der Waals surface area contributed by atoms with Crippen molar-refractivity contribution in [2.45, 2.75) is 6.42 Å². The number of carboxylic acids is 1. The van der Waals surface area contributed by atoms with Crippen molar-refractivity contribution >= 4 is 5.97 Å². The van der Waals surface area contributed by atoms with E-state index in [1.54, 1.807) is 12.1 Å². The first-order valence-corrected chi connectivity index (χ1v) is 3.81. The number of carbonyl (C=O) groups is 1. The van der Waals surface area contributed by atoms with Crippen LogP contribution >= 0.6 is 0 Å². The monoisotopic (exact) mass is 178 g/mol. The van der Waals surface area contributed by atoms with Crippen molar-refractivity contribution in [2.75, 3.05) is 0 Å². The Balaban J connectivity index is 3.17. The molecule has 0 atom stereocenters. The van der Waals surface area contributed by atoms with E-state index in [1.165, 1.54) is 12.1 Å². The third-order valence-corrected chi connectivity index (χ3v) is 1.69. The van der Waals surface area contributed by atoms with Crippen LogP contribution in [-0.2, 0) is 6.42 Å². The molecule has 0 spiro atoms. The maximum atomic E-state index is 10.7. The van der Waals surface area contributed by atoms with Gasteiger partial charge in [-0.15, -0.1) is 6.58 Å². The molecule has 0 bridgehead atoms. The summed E-state index contributed by atoms with van der Waals surface area (Å²) >= 11 is 0. The van der Waals surface area contributed by atoms with E-state index in [-0.39, 0.29) is 11.3 Å². The molecule has 3 nitrogen and oxygen atoms in total. The quantitative estimate of drug-likeness (QED) is 0.694. The molecule has 0 aliphatic carbocycles. The first-order chi connectivity index (χ1) is 6.15. The SMILES string of the molecule is C=CCc1ccc(O)cc1C(=O)O. The van der Waals surface area contributed by atoms with E-state index >= 15 is 0 Å². The Bertz CT molecular complexity index is 342. The molecule has 0 aliphatic heterocycles. The molecule has 0 unspecified atom stereocenters. The average molecular weight is 178 g/mol. The minimum atomic E-state index is -1.03. The van der Waals surface area contributed by atoms with Crippen LogP contribution < -0.4 is 0 Å². The fourth-order valence-corrected chi connectivity index (χ4v) is 1.10. The minimum Gasteiger partial charge on any atom is -0.508 e. The van der Waals surface area contributed by atoms with Crippen molar-refractivity contribution in [3.8, 4) is 5.75 Å². The number of carboxylic acid groups (broad SMARTS) is 1. The summed E-state index contributed by atoms with van der Waals surface area (Å²) in [4.78, 5) is 10.7. The summed E-state index contributed by atoms with van der Waals surface area (Å²) in [5.74, 6) is -1.07. The molecular weight excluding hydrogens is 168 g/mol. The van der Waals surface area contributed by atoms with Gasteiger partial charge < -0.3 is 10.2 Å². The number of hydrogen-bond donors (Lipinski definition) is 2. The number of rotatable bonds is 3. The van der Waals surface area contributed by atoms with E-state index in [4.69, 9.17) is 10.2 Å². The topological polar surface area (TPSA) is 57.5 Å². The Labute approximate surface area is 76.0 Å². The van der Waals surface area contributed by atoms with E-state index in [1.807, 2.05) is 0 Å². The van der Waals surface area contributed by atoms with Crippen LogP contribution in [-0.4, -0.2) is 16.2 Å². The van der Waals surface area contributed by atoms with Gasteiger partial charge in [-0.3, -0.25) is 0 Å². The van der Waals surface area contributed by atoms with Crippen LogP contribution in [0.4, 0.5) is 0 Å². The first kappa shape index (κ1) is 9.32. The second-order valence-electron chi connectivity index (χ2n) is 2.64. The zero-order valence-electron chi connectivity index (χ0n) is 7.03. The van der Waals surface area contributed by atoms with Crippen LogP contribution in [0.5, 0.6) is 5.75 Å². The van der Waals surface area contributed by atoms with Crippen molar-refractivity contribution in [2.24, 2.45) is 0 Å². The molecule has 1 rings (SSSR count). The molecule has 3 heteroatoms. The largest absolute Gasteiger partial charge is 0.508 e. The van der Waals surface area contributed by atoms with Gasteiger partial charge in [0.1, 0.15) is 5.75 Å². The van der Waals surface area contributed by atoms with Crippen molar-refractivity contribution in [3.05, 3.63) is 42.0 Å². The van der Waals surface area contributed by atoms with Crippen LogP contribution in [0.3, 0.4) is 0 Å². The Morgan fingerprint density at radius 3 is 2.77 bits per heavy atom. The molecule has 0 amide bonds. The molecule has 0 radical (unpaired) electrons. The number of allylic oxidation sites excluding steroid dienone is 1. The van der Waals surface area contributed by atoms with Gasteiger partial charge in [0.05, 0.1) is 5.56 Å². The number of phenolic OH excluding ortho intramolecular Hbond substituents is 1. The molecule has 2 N–H and O–H groups in total. The molecule has 0 heterocycles. The lowest BCUT2D eigenvalue weighted by Crippen LogP contribution is -2.01. The van der Waals surface area contributed by atoms with E-state index < -0.39 is 5.97 Å². The third kappa shape index (κ3) is 2.08. The van der Waals surface area contributed by atoms with Crippen LogP contribution in [0.2, 0.25) is 0 Å². The van der Waals surface area contributed by atoms with E-state index in [2.05, 4.69) is 6.58 Å². The van der Waals surface area contributed by atoms with Gasteiger partial charge in [-0.05, 0) is 24.1 Å². The number of benzene rings is 1. The van der Waals surface area contributed by atoms with Crippen molar-refractivity contribution in [1.82, 2.24) is 0 Å². The summed E-state index contributed by atoms with van der Waals surface area (Å²) < 4.78 is 0. The van der Waals surface area contributed by atoms with Gasteiger partial charge in [-0.1, -0.05) is 12.1 Å². The van der Waals surface area contributed by atoms with Crippen molar-refractivity contribution < 1.29 is 15.0 Å². The molecule has 68 valence electrons. The summed E-state index contributed by atoms with van der Waals surface area (Å²) in [6.45, 7) is 3.52. The van der Waals surface area contributed by atoms with Gasteiger partial charge in [0, 0.05) is 0 Å². The van der Waals surface area contributed by atoms with E-state index in [9.17, 15) is 4.79 Å². The van der Waals surface area contributed by atoms with Gasteiger partial charge in [-0.2, -0.15) is 0 Å². The maximum Gasteiger partial charge on any atom is 0.336 e. The first-order valence-electron chi connectivity index (χ1n) is 3.81. The average Bonchev–Trinajstić information content (AvgIpc) is 2.08. The van der Waals surface area contributed by atoms with Gasteiger partial charge in [0.15, 0.2) is 0 Å². The van der Waals surface area contributed by atoms with E-state index in [0.29, 0.717) is 12.0 Å². The summed E-state index contributed by atoms with van der Waals surface area (Å²) in [7, 11) is 0. The molecule has 0 saturated heterocycles. The van der Waals surface area contributed by atoms with Gasteiger partial charge in [0.25, 0.3) is 0 Å². The van der Waals surface area contributed by atoms with Crippen LogP contribution in [0.15, 0.2) is 30.9 Å². The molecule has 0 aliphatic rings. The molecule has 13 heavy (non-hydrogen) atoms. The van der Waals surface area contributed by atoms with Gasteiger partial charge in [-0.25, -0.2) is 4.79 Å². The van der Waals surface area contributed by atoms with Crippen LogP contribution in [0.1, 0.15) is 15.9 Å². The Morgan fingerprint density at radius 1 is 1.54 bits per heavy atom. The smallest absolute Gasteiger partial charge is 0.336 e. The number of aromatic hydroxyl groups is 1. The van der Waals surface area contributed by atoms with Crippen molar-refractivity contribution in [1.29, 1.82) is 0 Å². The van der Waals surface area contributed by atoms with Crippen LogP contribution in [0.25, 0.3) is 0 Å². The molecular formula is C10H10O3. The van der Waals surface area contributed by atoms with Gasteiger partial charge >= 0.3 is 5.97 Å². The second-order valence-corrected chi connectivity index (χ2v) is 2.64. The maximum absolute atomic E-state index is 10.7. The normalized spacial score (nSPS) is 9.54. The Kier molecular flexibility index (Phi) is 2.69. The lowest BCUT2D eigenvalue weighted by atomic mass is 10.0. The lowest BCUT2D eigenvalue weighted by molar-refractivity contribution is 0.0695. The molecule has 0 fully saturated rings. The molecule has 1 aromatic rings. The fraction of sp³-hybridized carbons (Fsp3) is 0.100. The summed E-state index contributed by atoms with van der Waals surface area (Å²) in [5, 5.41) is 17.8. The standard InChI is InChI=1S/C10H10O3/c1-2-3-7-4-5-8(11)6-9(7)10(12)13/h2,4-6,11H,1,3H2,(H,12,13). The predicted molar refractivity (Wildman–Crippen MR) is 49.0 cm³/mol. The lowest BCUT2D eigenvalue weighted by Gasteiger charge is -2.03. The molecule has 0 aromatic heterocycles. The van der Waals surface area contributed by atoms with E-state index in [0.717, 1.165) is 0 Å². The molecule has 0 saturated carbocycles. The highest BCUT2D eigenvalue weighted by Crippen LogP contribution is 2.17. The van der Waals surface area contributed by atoms with Crippen molar-refractivity contribution in [3.63, 3.8) is 0 Å². The number of phenols is 1. The highest BCUT2D eigenvalue weighted by Gasteiger charge is 2.09. The highest BCUT2D eigenvalue weighted by atomic mass is 16.4. The number of hydrogen-bond acceptors (Lipinski definition) is 2. The fourth-order valence-electron chi connectivity index (χ4n) is 1.10. The Morgan fingerprint density at radius 2 is 2.23 bits per heavy atom. The highest BCUT2D eigenvalue weighted by molar-refractivity contribution is 5.90. The zero-order valence-corrected chi connectivity index (χ0v) is 7.03. The third-order valence-electron chi connectivity index (χ3n) is 1.69. The summed E-state index contributed by atoms with van der Waals surface area (Å²) in [5.41, 5.74) is 0.778. The number of aromatic carboxylic acids is 1. The minimum absolute atomic E-state index is 0.0368. The van der Waals surface area contributed by atoms with Crippen LogP contribution in [0, 0.1) is 0 Å². The summed E-state index contributed by atoms with van der Waals surface area (Å²) in [6.07, 6.45) is 2.11. The van der Waals surface area contributed by atoms with Gasteiger partial charge in [0.2, 0.25) is 0 Å². The zero-order chi connectivity index (χ0) is 9.84. The Hall–Kier alpha value is -1.77. The second kappa shape index (κ2) is 3.76. The predicted octanol–water partition coefficient (Wildman–Crippen LogP) is 1.82. The molecule has 1 aromatic carbocycles.